The normalized spacial score (nSPS) is 15.5. The Labute approximate surface area is 225 Å². The highest BCUT2D eigenvalue weighted by atomic mass is 32.3. The van der Waals surface area contributed by atoms with Gasteiger partial charge in [0, 0.05) is 26.0 Å². The topological polar surface area (TPSA) is 184 Å². The van der Waals surface area contributed by atoms with Crippen LogP contribution < -0.4 is 15.6 Å². The fourth-order valence-electron chi connectivity index (χ4n) is 4.16. The molecular weight excluding hydrogens is 546 g/mol. The fraction of sp³-hybridized carbons (Fsp3) is 0.250. The third-order valence-electron chi connectivity index (χ3n) is 6.12. The highest BCUT2D eigenvalue weighted by Gasteiger charge is 2.31. The second kappa shape index (κ2) is 9.68. The molecule has 13 nitrogen and oxygen atoms in total. The molecule has 0 radical (unpaired) electrons. The Balaban J connectivity index is 1.56. The highest BCUT2D eigenvalue weighted by Crippen LogP contribution is 2.56. The summed E-state index contributed by atoms with van der Waals surface area (Å²) in [5.74, 6) is -0.328. The van der Waals surface area contributed by atoms with Crippen LogP contribution in [0.1, 0.15) is 25.8 Å². The Morgan fingerprint density at radius 1 is 1.18 bits per heavy atom. The lowest BCUT2D eigenvalue weighted by atomic mass is 10.1. The van der Waals surface area contributed by atoms with Crippen molar-refractivity contribution >= 4 is 49.0 Å². The lowest BCUT2D eigenvalue weighted by molar-refractivity contribution is 0.473. The quantitative estimate of drug-likeness (QED) is 0.220. The molecule has 206 valence electrons. The average molecular weight is 574 g/mol. The van der Waals surface area contributed by atoms with E-state index in [-0.39, 0.29) is 32.7 Å². The summed E-state index contributed by atoms with van der Waals surface area (Å²) in [4.78, 5) is 21.6. The molecule has 0 unspecified atom stereocenters. The number of nitrogens with zero attached hydrogens (tertiary/aromatic N) is 5. The predicted octanol–water partition coefficient (Wildman–Crippen LogP) is 3.58. The molecule has 0 bridgehead atoms. The molecule has 3 aromatic heterocycles. The van der Waals surface area contributed by atoms with Gasteiger partial charge < -0.3 is 15.0 Å². The van der Waals surface area contributed by atoms with Gasteiger partial charge in [0.1, 0.15) is 21.9 Å². The number of hydrogen-bond donors (Lipinski definition) is 5. The maximum Gasteiger partial charge on any atom is 0.280 e. The Bertz CT molecular complexity index is 1790. The molecule has 15 heteroatoms. The third-order valence-corrected chi connectivity index (χ3v) is 8.75. The lowest BCUT2D eigenvalue weighted by Crippen LogP contribution is -2.32. The first-order valence-corrected chi connectivity index (χ1v) is 14.9. The second-order valence-electron chi connectivity index (χ2n) is 9.52. The molecule has 5 rings (SSSR count). The van der Waals surface area contributed by atoms with Crippen LogP contribution in [0.15, 0.2) is 68.2 Å². The van der Waals surface area contributed by atoms with E-state index in [9.17, 15) is 27.4 Å². The van der Waals surface area contributed by atoms with Crippen molar-refractivity contribution < 1.29 is 22.6 Å². The van der Waals surface area contributed by atoms with Gasteiger partial charge in [-0.05, 0) is 42.7 Å². The fourth-order valence-corrected chi connectivity index (χ4v) is 6.38. The van der Waals surface area contributed by atoms with Crippen molar-refractivity contribution in [1.82, 2.24) is 19.1 Å². The van der Waals surface area contributed by atoms with Crippen LogP contribution in [0, 0.1) is 5.92 Å². The van der Waals surface area contributed by atoms with Crippen molar-refractivity contribution in [2.45, 2.75) is 36.7 Å². The van der Waals surface area contributed by atoms with Crippen molar-refractivity contribution in [2.24, 2.45) is 17.4 Å². The Kier molecular flexibility index (Phi) is 6.62. The van der Waals surface area contributed by atoms with Gasteiger partial charge in [-0.25, -0.2) is 9.97 Å². The zero-order valence-corrected chi connectivity index (χ0v) is 22.9. The van der Waals surface area contributed by atoms with E-state index in [0.29, 0.717) is 29.9 Å². The van der Waals surface area contributed by atoms with Gasteiger partial charge >= 0.3 is 0 Å². The minimum Gasteiger partial charge on any atom is -0.506 e. The number of aromatic hydroxyl groups is 1. The van der Waals surface area contributed by atoms with Crippen molar-refractivity contribution in [2.75, 3.05) is 10.0 Å². The number of amidine groups is 1. The van der Waals surface area contributed by atoms with Crippen LogP contribution in [0.2, 0.25) is 0 Å². The molecule has 39 heavy (non-hydrogen) atoms. The number of aromatic nitrogens is 4. The molecule has 0 saturated heterocycles. The summed E-state index contributed by atoms with van der Waals surface area (Å²) in [6.45, 7) is 4.37. The number of benzene rings is 1. The summed E-state index contributed by atoms with van der Waals surface area (Å²) in [5.41, 5.74) is -0.290. The summed E-state index contributed by atoms with van der Waals surface area (Å²) in [6.07, 6.45) is 4.86. The predicted molar refractivity (Wildman–Crippen MR) is 149 cm³/mol. The van der Waals surface area contributed by atoms with Gasteiger partial charge in [-0.2, -0.15) is 8.42 Å². The van der Waals surface area contributed by atoms with E-state index in [1.165, 1.54) is 46.1 Å². The second-order valence-corrected chi connectivity index (χ2v) is 12.8. The monoisotopic (exact) mass is 573 g/mol. The molecule has 4 heterocycles. The van der Waals surface area contributed by atoms with E-state index in [1.807, 2.05) is 13.8 Å². The first kappa shape index (κ1) is 26.7. The SMILES string of the molecule is CC(C)CCn1c(=O)c(C2=NS(O)(O)c3cc(NS(=O)(=O)c4cn(C)cn4)ccc3N2)c(O)c2cccnc21. The summed E-state index contributed by atoms with van der Waals surface area (Å²) in [5, 5.41) is 14.1. The van der Waals surface area contributed by atoms with Crippen molar-refractivity contribution in [3.8, 4) is 5.75 Å². The molecule has 1 aliphatic rings. The number of aryl methyl sites for hydroxylation is 2. The van der Waals surface area contributed by atoms with E-state index in [2.05, 4.69) is 24.4 Å². The summed E-state index contributed by atoms with van der Waals surface area (Å²) in [6, 6.07) is 7.31. The number of imidazole rings is 1. The van der Waals surface area contributed by atoms with Crippen molar-refractivity contribution in [1.29, 1.82) is 0 Å². The molecule has 0 spiro atoms. The molecule has 5 N–H and O–H groups in total. The first-order valence-electron chi connectivity index (χ1n) is 11.9. The van der Waals surface area contributed by atoms with Crippen LogP contribution >= 0.6 is 10.8 Å². The zero-order chi connectivity index (χ0) is 28.1. The summed E-state index contributed by atoms with van der Waals surface area (Å²) < 4.78 is 56.5. The number of sulfonamides is 1. The third kappa shape index (κ3) is 4.96. The molecule has 4 aromatic rings. The summed E-state index contributed by atoms with van der Waals surface area (Å²) >= 11 is 0. The smallest absolute Gasteiger partial charge is 0.280 e. The molecule has 0 atom stereocenters. The number of anilines is 2. The minimum absolute atomic E-state index is 0.0514. The van der Waals surface area contributed by atoms with Crippen molar-refractivity contribution in [3.05, 3.63) is 65.0 Å². The molecule has 1 aliphatic heterocycles. The highest BCUT2D eigenvalue weighted by molar-refractivity contribution is 8.23. The lowest BCUT2D eigenvalue weighted by Gasteiger charge is -2.34. The molecule has 0 aliphatic carbocycles. The van der Waals surface area contributed by atoms with Crippen LogP contribution in [-0.2, 0) is 23.6 Å². The maximum atomic E-state index is 13.6. The Morgan fingerprint density at radius 2 is 1.95 bits per heavy atom. The molecule has 0 amide bonds. The van der Waals surface area contributed by atoms with Gasteiger partial charge in [0.15, 0.2) is 10.9 Å². The van der Waals surface area contributed by atoms with Gasteiger partial charge in [-0.3, -0.25) is 23.2 Å². The molecular formula is C24H27N7O6S2. The number of pyridine rings is 2. The van der Waals surface area contributed by atoms with Gasteiger partial charge in [-0.1, -0.05) is 24.6 Å². The van der Waals surface area contributed by atoms with E-state index < -0.39 is 32.1 Å². The first-order chi connectivity index (χ1) is 18.4. The van der Waals surface area contributed by atoms with Gasteiger partial charge in [-0.15, -0.1) is 4.40 Å². The van der Waals surface area contributed by atoms with E-state index >= 15 is 0 Å². The van der Waals surface area contributed by atoms with Gasteiger partial charge in [0.2, 0.25) is 0 Å². The van der Waals surface area contributed by atoms with Crippen LogP contribution in [0.3, 0.4) is 0 Å². The maximum absolute atomic E-state index is 13.6. The molecule has 0 fully saturated rings. The minimum atomic E-state index is -4.03. The standard InChI is InChI=1S/C24H27N7O6S2/c1-14(2)8-10-31-23-16(5-4-9-25-23)21(32)20(24(31)33)22-27-17-7-6-15(11-18(17)38(34,35)29-22)28-39(36,37)19-12-30(3)13-26-19/h4-7,9,11-14,28,32,34-35H,8,10H2,1-3H3,(H,27,29). The van der Waals surface area contributed by atoms with Gasteiger partial charge in [0.25, 0.3) is 15.6 Å². The Morgan fingerprint density at radius 3 is 2.64 bits per heavy atom. The average Bonchev–Trinajstić information content (AvgIpc) is 3.31. The number of nitrogens with one attached hydrogen (secondary N) is 2. The zero-order valence-electron chi connectivity index (χ0n) is 21.2. The van der Waals surface area contributed by atoms with E-state index in [4.69, 9.17) is 0 Å². The van der Waals surface area contributed by atoms with Crippen LogP contribution in [0.25, 0.3) is 11.0 Å². The number of rotatable bonds is 7. The molecule has 1 aromatic carbocycles. The van der Waals surface area contributed by atoms with Crippen LogP contribution in [-0.4, -0.2) is 47.6 Å². The largest absolute Gasteiger partial charge is 0.506 e. The molecule has 0 saturated carbocycles. The van der Waals surface area contributed by atoms with Crippen LogP contribution in [0.5, 0.6) is 5.75 Å². The number of fused-ring (bicyclic) bond motifs is 2. The Hall–Kier alpha value is -3.92. The number of hydrogen-bond acceptors (Lipinski definition) is 10. The van der Waals surface area contributed by atoms with Crippen molar-refractivity contribution in [3.63, 3.8) is 0 Å². The summed E-state index contributed by atoms with van der Waals surface area (Å²) in [7, 11) is -6.31. The van der Waals surface area contributed by atoms with Crippen LogP contribution in [0.4, 0.5) is 11.4 Å². The van der Waals surface area contributed by atoms with E-state index in [1.54, 1.807) is 19.2 Å². The van der Waals surface area contributed by atoms with E-state index in [0.717, 1.165) is 0 Å². The van der Waals surface area contributed by atoms with Gasteiger partial charge in [0.05, 0.1) is 23.1 Å².